The molecule has 1 amide bonds. The minimum Gasteiger partial charge on any atom is -0.344 e. The predicted octanol–water partition coefficient (Wildman–Crippen LogP) is 0.224. The first-order chi connectivity index (χ1) is 10.5. The van der Waals surface area contributed by atoms with Crippen LogP contribution in [-0.2, 0) is 14.8 Å². The van der Waals surface area contributed by atoms with E-state index in [1.807, 2.05) is 7.05 Å². The van der Waals surface area contributed by atoms with E-state index < -0.39 is 10.0 Å². The van der Waals surface area contributed by atoms with E-state index in [-0.39, 0.29) is 11.9 Å². The summed E-state index contributed by atoms with van der Waals surface area (Å²) in [4.78, 5) is 16.3. The number of carbonyl (C=O) groups is 1. The van der Waals surface area contributed by atoms with Gasteiger partial charge < -0.3 is 4.90 Å². The van der Waals surface area contributed by atoms with E-state index in [1.165, 1.54) is 4.31 Å². The van der Waals surface area contributed by atoms with Crippen molar-refractivity contribution in [1.82, 2.24) is 14.1 Å². The third kappa shape index (κ3) is 2.76. The number of piperazine rings is 1. The first-order valence-electron chi connectivity index (χ1n) is 7.54. The van der Waals surface area contributed by atoms with Crippen molar-refractivity contribution in [1.29, 1.82) is 0 Å². The maximum absolute atomic E-state index is 12.6. The van der Waals surface area contributed by atoms with Crippen molar-refractivity contribution in [3.8, 4) is 0 Å². The van der Waals surface area contributed by atoms with Gasteiger partial charge in [-0.05, 0) is 18.6 Å². The topological polar surface area (TPSA) is 60.9 Å². The standard InChI is InChI=1S/C15H21N3O3S/c1-16-8-7-14(15(16)19)17-9-11-18(12-10-17)22(20,21)13-5-3-2-4-6-13/h2-6,14H,7-12H2,1H3. The maximum atomic E-state index is 12.6. The summed E-state index contributed by atoms with van der Waals surface area (Å²) in [6, 6.07) is 8.44. The highest BCUT2D eigenvalue weighted by atomic mass is 32.2. The molecule has 6 nitrogen and oxygen atoms in total. The second-order valence-electron chi connectivity index (χ2n) is 5.82. The molecule has 2 aliphatic heterocycles. The van der Waals surface area contributed by atoms with Crippen molar-refractivity contribution in [2.75, 3.05) is 39.8 Å². The lowest BCUT2D eigenvalue weighted by Crippen LogP contribution is -2.53. The number of rotatable bonds is 3. The lowest BCUT2D eigenvalue weighted by atomic mass is 10.2. The zero-order valence-corrected chi connectivity index (χ0v) is 13.5. The Morgan fingerprint density at radius 3 is 2.18 bits per heavy atom. The van der Waals surface area contributed by atoms with Gasteiger partial charge in [0.2, 0.25) is 15.9 Å². The Bertz CT molecular complexity index is 639. The van der Waals surface area contributed by atoms with Gasteiger partial charge in [0.25, 0.3) is 0 Å². The van der Waals surface area contributed by atoms with E-state index in [1.54, 1.807) is 35.2 Å². The van der Waals surface area contributed by atoms with Crippen molar-refractivity contribution in [2.24, 2.45) is 0 Å². The largest absolute Gasteiger partial charge is 0.344 e. The minimum atomic E-state index is -3.42. The maximum Gasteiger partial charge on any atom is 0.243 e. The van der Waals surface area contributed by atoms with Crippen LogP contribution in [0.5, 0.6) is 0 Å². The van der Waals surface area contributed by atoms with Gasteiger partial charge in [0, 0.05) is 39.8 Å². The molecule has 0 aliphatic carbocycles. The summed E-state index contributed by atoms with van der Waals surface area (Å²) in [5, 5.41) is 0. The lowest BCUT2D eigenvalue weighted by molar-refractivity contribution is -0.131. The summed E-state index contributed by atoms with van der Waals surface area (Å²) in [5.41, 5.74) is 0. The molecule has 2 aliphatic rings. The van der Waals surface area contributed by atoms with Crippen LogP contribution in [0.2, 0.25) is 0 Å². The minimum absolute atomic E-state index is 0.0772. The lowest BCUT2D eigenvalue weighted by Gasteiger charge is -2.36. The fraction of sp³-hybridized carbons (Fsp3) is 0.533. The van der Waals surface area contributed by atoms with Crippen molar-refractivity contribution in [3.63, 3.8) is 0 Å². The van der Waals surface area contributed by atoms with Crippen molar-refractivity contribution < 1.29 is 13.2 Å². The van der Waals surface area contributed by atoms with Crippen LogP contribution in [0.1, 0.15) is 6.42 Å². The number of likely N-dealkylation sites (tertiary alicyclic amines) is 1. The molecule has 2 heterocycles. The number of amides is 1. The molecule has 7 heteroatoms. The van der Waals surface area contributed by atoms with Gasteiger partial charge in [-0.15, -0.1) is 0 Å². The van der Waals surface area contributed by atoms with Crippen LogP contribution in [0.15, 0.2) is 35.2 Å². The molecule has 1 aromatic carbocycles. The molecule has 1 atom stereocenters. The Morgan fingerprint density at radius 1 is 1.00 bits per heavy atom. The molecule has 0 bridgehead atoms. The van der Waals surface area contributed by atoms with Crippen LogP contribution in [0.4, 0.5) is 0 Å². The summed E-state index contributed by atoms with van der Waals surface area (Å²) < 4.78 is 26.6. The SMILES string of the molecule is CN1CCC(N2CCN(S(=O)(=O)c3ccccc3)CC2)C1=O. The molecule has 3 rings (SSSR count). The van der Waals surface area contributed by atoms with Crippen LogP contribution < -0.4 is 0 Å². The Labute approximate surface area is 131 Å². The number of sulfonamides is 1. The number of carbonyl (C=O) groups excluding carboxylic acids is 1. The molecular formula is C15H21N3O3S. The first-order valence-corrected chi connectivity index (χ1v) is 8.98. The molecular weight excluding hydrogens is 302 g/mol. The third-order valence-electron chi connectivity index (χ3n) is 4.49. The Kier molecular flexibility index (Phi) is 4.20. The highest BCUT2D eigenvalue weighted by Crippen LogP contribution is 2.21. The Hall–Kier alpha value is -1.44. The normalized spacial score (nSPS) is 24.9. The van der Waals surface area contributed by atoms with E-state index >= 15 is 0 Å². The zero-order valence-electron chi connectivity index (χ0n) is 12.7. The zero-order chi connectivity index (χ0) is 15.7. The van der Waals surface area contributed by atoms with Gasteiger partial charge in [0.15, 0.2) is 0 Å². The second kappa shape index (κ2) is 5.98. The van der Waals surface area contributed by atoms with Gasteiger partial charge in [-0.3, -0.25) is 9.69 Å². The summed E-state index contributed by atoms with van der Waals surface area (Å²) in [6.07, 6.45) is 0.834. The highest BCUT2D eigenvalue weighted by Gasteiger charge is 2.37. The van der Waals surface area contributed by atoms with Crippen LogP contribution >= 0.6 is 0 Å². The molecule has 2 fully saturated rings. The van der Waals surface area contributed by atoms with Gasteiger partial charge in [0.1, 0.15) is 0 Å². The Balaban J connectivity index is 1.66. The van der Waals surface area contributed by atoms with Crippen LogP contribution in [-0.4, -0.2) is 74.2 Å². The van der Waals surface area contributed by atoms with Crippen LogP contribution in [0.25, 0.3) is 0 Å². The number of hydrogen-bond acceptors (Lipinski definition) is 4. The average molecular weight is 323 g/mol. The first kappa shape index (κ1) is 15.5. The number of benzene rings is 1. The quantitative estimate of drug-likeness (QED) is 0.799. The highest BCUT2D eigenvalue weighted by molar-refractivity contribution is 7.89. The van der Waals surface area contributed by atoms with Crippen molar-refractivity contribution in [3.05, 3.63) is 30.3 Å². The summed E-state index contributed by atoms with van der Waals surface area (Å²) in [6.45, 7) is 2.87. The van der Waals surface area contributed by atoms with Gasteiger partial charge >= 0.3 is 0 Å². The Morgan fingerprint density at radius 2 is 1.64 bits per heavy atom. The molecule has 0 N–H and O–H groups in total. The van der Waals surface area contributed by atoms with Gasteiger partial charge in [-0.2, -0.15) is 4.31 Å². The summed E-state index contributed by atoms with van der Waals surface area (Å²) in [5.74, 6) is 0.152. The van der Waals surface area contributed by atoms with Gasteiger partial charge in [0.05, 0.1) is 10.9 Å². The van der Waals surface area contributed by atoms with E-state index in [4.69, 9.17) is 0 Å². The molecule has 0 saturated carbocycles. The van der Waals surface area contributed by atoms with E-state index in [0.29, 0.717) is 31.1 Å². The molecule has 0 radical (unpaired) electrons. The summed E-state index contributed by atoms with van der Waals surface area (Å²) in [7, 11) is -1.60. The molecule has 1 aromatic rings. The number of likely N-dealkylation sites (N-methyl/N-ethyl adjacent to an activating group) is 1. The van der Waals surface area contributed by atoms with E-state index in [0.717, 1.165) is 13.0 Å². The van der Waals surface area contributed by atoms with Gasteiger partial charge in [-0.1, -0.05) is 18.2 Å². The molecule has 0 spiro atoms. The fourth-order valence-electron chi connectivity index (χ4n) is 3.14. The van der Waals surface area contributed by atoms with E-state index in [9.17, 15) is 13.2 Å². The number of hydrogen-bond donors (Lipinski definition) is 0. The summed E-state index contributed by atoms with van der Waals surface area (Å²) >= 11 is 0. The number of nitrogens with zero attached hydrogens (tertiary/aromatic N) is 3. The van der Waals surface area contributed by atoms with Crippen molar-refractivity contribution in [2.45, 2.75) is 17.4 Å². The smallest absolute Gasteiger partial charge is 0.243 e. The molecule has 1 unspecified atom stereocenters. The molecule has 0 aromatic heterocycles. The fourth-order valence-corrected chi connectivity index (χ4v) is 4.58. The third-order valence-corrected chi connectivity index (χ3v) is 6.41. The van der Waals surface area contributed by atoms with Gasteiger partial charge in [-0.25, -0.2) is 8.42 Å². The predicted molar refractivity (Wildman–Crippen MR) is 82.8 cm³/mol. The molecule has 22 heavy (non-hydrogen) atoms. The second-order valence-corrected chi connectivity index (χ2v) is 7.76. The van der Waals surface area contributed by atoms with E-state index in [2.05, 4.69) is 4.90 Å². The van der Waals surface area contributed by atoms with Crippen LogP contribution in [0, 0.1) is 0 Å². The average Bonchev–Trinajstić information content (AvgIpc) is 2.88. The van der Waals surface area contributed by atoms with Crippen molar-refractivity contribution >= 4 is 15.9 Å². The molecule has 120 valence electrons. The van der Waals surface area contributed by atoms with Crippen LogP contribution in [0.3, 0.4) is 0 Å². The monoisotopic (exact) mass is 323 g/mol. The molecule has 2 saturated heterocycles.